The van der Waals surface area contributed by atoms with Gasteiger partial charge in [-0.1, -0.05) is 133 Å². The highest BCUT2D eigenvalue weighted by atomic mass is 35.5. The zero-order valence-electron chi connectivity index (χ0n) is 46.7. The quantitative estimate of drug-likeness (QED) is 0.0825. The molecule has 0 saturated carbocycles. The van der Waals surface area contributed by atoms with Crippen LogP contribution < -0.4 is 30.7 Å². The van der Waals surface area contributed by atoms with Gasteiger partial charge in [-0.25, -0.2) is 19.0 Å². The van der Waals surface area contributed by atoms with Crippen molar-refractivity contribution in [2.45, 2.75) is 73.6 Å². The van der Waals surface area contributed by atoms with Gasteiger partial charge in [0.25, 0.3) is 0 Å². The van der Waals surface area contributed by atoms with Crippen molar-refractivity contribution in [2.75, 3.05) is 100 Å². The maximum Gasteiger partial charge on any atom is 0.324 e. The molecule has 0 spiro atoms. The van der Waals surface area contributed by atoms with Gasteiger partial charge in [0.2, 0.25) is 0 Å². The van der Waals surface area contributed by atoms with E-state index >= 15 is 0 Å². The standard InChI is InChI=1S/2C31H37N5O3.CH4.ClH/c2*1-22-9-11-23(12-10-22)36-29(21-28(34-36)31(2,3)4)33-30(37)32-26-13-14-27(25-8-6-5-7-24(25)26)39-20-17-35-15-18-38-19-16-35;;/h2*5-14,21H,15-20H2,1-4H3,(H2,32,33,37);1H4;1H. The van der Waals surface area contributed by atoms with Crippen molar-refractivity contribution in [2.24, 2.45) is 0 Å². The molecule has 4 amide bonds. The summed E-state index contributed by atoms with van der Waals surface area (Å²) in [4.78, 5) is 31.2. The Labute approximate surface area is 477 Å². The van der Waals surface area contributed by atoms with Crippen LogP contribution in [0.5, 0.6) is 11.5 Å². The minimum atomic E-state index is -0.338. The molecule has 0 radical (unpaired) electrons. The fourth-order valence-corrected chi connectivity index (χ4v) is 9.21. The molecule has 0 bridgehead atoms. The number of carbonyl (C=O) groups is 2. The lowest BCUT2D eigenvalue weighted by Gasteiger charge is -2.26. The largest absolute Gasteiger partial charge is 0.492 e. The monoisotopic (exact) mass is 1110 g/mol. The van der Waals surface area contributed by atoms with Crippen LogP contribution >= 0.6 is 12.4 Å². The van der Waals surface area contributed by atoms with Gasteiger partial charge in [0.05, 0.1) is 60.6 Å². The van der Waals surface area contributed by atoms with Gasteiger partial charge >= 0.3 is 12.1 Å². The highest BCUT2D eigenvalue weighted by Gasteiger charge is 2.24. The van der Waals surface area contributed by atoms with Gasteiger partial charge in [-0.3, -0.25) is 20.4 Å². The Bertz CT molecular complexity index is 3100. The Kier molecular flexibility index (Phi) is 20.4. The Hall–Kier alpha value is -7.47. The molecule has 4 N–H and O–H groups in total. The van der Waals surface area contributed by atoms with Crippen LogP contribution in [0.4, 0.5) is 32.6 Å². The second-order valence-corrected chi connectivity index (χ2v) is 21.9. The minimum absolute atomic E-state index is 0. The van der Waals surface area contributed by atoms with Crippen molar-refractivity contribution >= 4 is 69.0 Å². The summed E-state index contributed by atoms with van der Waals surface area (Å²) in [5.74, 6) is 2.82. The van der Waals surface area contributed by atoms with Crippen LogP contribution in [0.1, 0.15) is 71.5 Å². The molecule has 8 aromatic rings. The van der Waals surface area contributed by atoms with E-state index < -0.39 is 0 Å². The fourth-order valence-electron chi connectivity index (χ4n) is 9.21. The van der Waals surface area contributed by atoms with Gasteiger partial charge in [-0.2, -0.15) is 10.2 Å². The van der Waals surface area contributed by atoms with E-state index in [1.54, 1.807) is 9.36 Å². The van der Waals surface area contributed by atoms with E-state index in [2.05, 4.69) is 72.6 Å². The predicted octanol–water partition coefficient (Wildman–Crippen LogP) is 13.0. The summed E-state index contributed by atoms with van der Waals surface area (Å²) in [5, 5.41) is 25.5. The van der Waals surface area contributed by atoms with Crippen molar-refractivity contribution in [3.8, 4) is 22.9 Å². The number of hydrogen-bond donors (Lipinski definition) is 4. The smallest absolute Gasteiger partial charge is 0.324 e. The van der Waals surface area contributed by atoms with Crippen LogP contribution in [-0.2, 0) is 20.3 Å². The lowest BCUT2D eigenvalue weighted by molar-refractivity contribution is 0.0322. The zero-order valence-corrected chi connectivity index (χ0v) is 47.5. The molecule has 2 saturated heterocycles. The molecule has 424 valence electrons. The number of aryl methyl sites for hydroxylation is 2. The molecule has 0 atom stereocenters. The van der Waals surface area contributed by atoms with Gasteiger partial charge in [-0.05, 0) is 62.4 Å². The van der Waals surface area contributed by atoms with Crippen molar-refractivity contribution in [1.82, 2.24) is 29.4 Å². The van der Waals surface area contributed by atoms with Crippen molar-refractivity contribution in [3.63, 3.8) is 0 Å². The number of anilines is 4. The van der Waals surface area contributed by atoms with E-state index in [0.717, 1.165) is 133 Å². The lowest BCUT2D eigenvalue weighted by Crippen LogP contribution is -2.38. The highest BCUT2D eigenvalue weighted by Crippen LogP contribution is 2.35. The fraction of sp³-hybridized carbons (Fsp3) is 0.365. The van der Waals surface area contributed by atoms with Crippen LogP contribution in [0.3, 0.4) is 0 Å². The van der Waals surface area contributed by atoms with E-state index in [1.165, 1.54) is 0 Å². The Morgan fingerprint density at radius 3 is 1.20 bits per heavy atom. The van der Waals surface area contributed by atoms with E-state index in [-0.39, 0.29) is 42.7 Å². The SMILES string of the molecule is C.Cc1ccc(-n2nc(C(C)(C)C)cc2NC(=O)Nc2ccc(OCCN3CCOCC3)c3ccccc23)cc1.Cc1ccc(-n2nc(C(C)(C)C)cc2NC(=O)Nc2ccc(OCCN3CCOCC3)c3ccccc23)cc1.Cl. The van der Waals surface area contributed by atoms with E-state index in [4.69, 9.17) is 29.1 Å². The highest BCUT2D eigenvalue weighted by molar-refractivity contribution is 6.08. The Balaban J connectivity index is 0.000000225. The zero-order chi connectivity index (χ0) is 54.8. The third-order valence-electron chi connectivity index (χ3n) is 13.8. The molecular weight excluding hydrogens is 1030 g/mol. The topological polar surface area (TPSA) is 161 Å². The number of nitrogens with one attached hydrogen (secondary N) is 4. The number of morpholine rings is 2. The Morgan fingerprint density at radius 1 is 0.500 bits per heavy atom. The van der Waals surface area contributed by atoms with Gasteiger partial charge < -0.3 is 29.6 Å². The molecule has 10 rings (SSSR count). The van der Waals surface area contributed by atoms with E-state index in [0.29, 0.717) is 36.2 Å². The first-order chi connectivity index (χ1) is 37.6. The second kappa shape index (κ2) is 27.1. The summed E-state index contributed by atoms with van der Waals surface area (Å²) in [6, 6.07) is 42.9. The maximum atomic E-state index is 13.2. The van der Waals surface area contributed by atoms with E-state index in [1.807, 2.05) is 147 Å². The van der Waals surface area contributed by atoms with Crippen LogP contribution in [0, 0.1) is 13.8 Å². The average molecular weight is 1110 g/mol. The number of ether oxygens (including phenoxy) is 4. The van der Waals surface area contributed by atoms with Gasteiger partial charge in [0, 0.05) is 83.8 Å². The summed E-state index contributed by atoms with van der Waals surface area (Å²) >= 11 is 0. The molecule has 0 unspecified atom stereocenters. The second-order valence-electron chi connectivity index (χ2n) is 21.9. The first-order valence-electron chi connectivity index (χ1n) is 27.0. The number of nitrogens with zero attached hydrogens (tertiary/aromatic N) is 6. The number of amides is 4. The number of urea groups is 2. The maximum absolute atomic E-state index is 13.2. The molecule has 2 aromatic heterocycles. The summed E-state index contributed by atoms with van der Waals surface area (Å²) in [6.45, 7) is 26.4. The summed E-state index contributed by atoms with van der Waals surface area (Å²) < 4.78 is 26.7. The number of fused-ring (bicyclic) bond motifs is 2. The number of halogens is 1. The number of carbonyl (C=O) groups excluding carboxylic acids is 2. The third-order valence-corrected chi connectivity index (χ3v) is 13.8. The van der Waals surface area contributed by atoms with Crippen LogP contribution in [-0.4, -0.2) is 120 Å². The predicted molar refractivity (Wildman–Crippen MR) is 327 cm³/mol. The lowest BCUT2D eigenvalue weighted by atomic mass is 9.92. The third kappa shape index (κ3) is 15.5. The molecule has 4 heterocycles. The van der Waals surface area contributed by atoms with Crippen molar-refractivity contribution in [3.05, 3.63) is 156 Å². The molecular formula is C63H79ClN10O6. The summed E-state index contributed by atoms with van der Waals surface area (Å²) in [6.07, 6.45) is 0. The first-order valence-corrected chi connectivity index (χ1v) is 27.0. The van der Waals surface area contributed by atoms with Gasteiger partial charge in [0.15, 0.2) is 0 Å². The van der Waals surface area contributed by atoms with E-state index in [9.17, 15) is 9.59 Å². The molecule has 6 aromatic carbocycles. The molecule has 2 aliphatic heterocycles. The number of benzene rings is 6. The normalized spacial score (nSPS) is 14.0. The van der Waals surface area contributed by atoms with Crippen LogP contribution in [0.2, 0.25) is 0 Å². The van der Waals surface area contributed by atoms with Crippen molar-refractivity contribution < 1.29 is 28.5 Å². The number of rotatable bonds is 14. The number of hydrogen-bond acceptors (Lipinski definition) is 10. The summed E-state index contributed by atoms with van der Waals surface area (Å²) in [7, 11) is 0. The summed E-state index contributed by atoms with van der Waals surface area (Å²) in [5.41, 5.74) is 6.95. The minimum Gasteiger partial charge on any atom is -0.492 e. The van der Waals surface area contributed by atoms with Gasteiger partial charge in [-0.15, -0.1) is 12.4 Å². The van der Waals surface area contributed by atoms with Crippen LogP contribution in [0.25, 0.3) is 32.9 Å². The molecule has 17 heteroatoms. The van der Waals surface area contributed by atoms with Crippen LogP contribution in [0.15, 0.2) is 133 Å². The molecule has 2 fully saturated rings. The average Bonchev–Trinajstić information content (AvgIpc) is 4.11. The molecule has 16 nitrogen and oxygen atoms in total. The first kappa shape index (κ1) is 60.2. The number of aromatic nitrogens is 4. The Morgan fingerprint density at radius 2 is 0.850 bits per heavy atom. The molecule has 2 aliphatic rings. The van der Waals surface area contributed by atoms with Crippen molar-refractivity contribution in [1.29, 1.82) is 0 Å². The molecule has 0 aliphatic carbocycles. The van der Waals surface area contributed by atoms with Gasteiger partial charge in [0.1, 0.15) is 36.3 Å². The molecule has 80 heavy (non-hydrogen) atoms.